The predicted molar refractivity (Wildman–Crippen MR) is 145 cm³/mol. The summed E-state index contributed by atoms with van der Waals surface area (Å²) in [6.07, 6.45) is 4.72. The third-order valence-electron chi connectivity index (χ3n) is 8.19. The molecule has 2 heterocycles. The molecule has 0 unspecified atom stereocenters. The summed E-state index contributed by atoms with van der Waals surface area (Å²) in [5.74, 6) is 0. The molecule has 0 atom stereocenters. The number of allylic oxidation sites excluding steroid dienone is 2. The van der Waals surface area contributed by atoms with E-state index in [0.717, 1.165) is 0 Å². The summed E-state index contributed by atoms with van der Waals surface area (Å²) < 4.78 is 4.76. The Hall–Kier alpha value is -3.52. The molecule has 0 fully saturated rings. The molecule has 0 radical (unpaired) electrons. The van der Waals surface area contributed by atoms with Crippen molar-refractivity contribution in [2.75, 3.05) is 14.1 Å². The smallest absolute Gasteiger partial charge is 0.198 e. The van der Waals surface area contributed by atoms with Crippen LogP contribution in [0.2, 0.25) is 0 Å². The minimum absolute atomic E-state index is 0.0805. The van der Waals surface area contributed by atoms with Gasteiger partial charge in [0.05, 0.1) is 10.8 Å². The Kier molecular flexibility index (Phi) is 4.33. The molecule has 0 aliphatic carbocycles. The number of benzene rings is 4. The molecule has 2 aliphatic heterocycles. The number of hydrogen-bond acceptors (Lipinski definition) is 0. The highest BCUT2D eigenvalue weighted by Crippen LogP contribution is 2.45. The predicted octanol–water partition coefficient (Wildman–Crippen LogP) is 7.26. The van der Waals surface area contributed by atoms with Crippen LogP contribution < -0.4 is 0 Å². The summed E-state index contributed by atoms with van der Waals surface area (Å²) in [7, 11) is 4.41. The van der Waals surface area contributed by atoms with E-state index in [1.54, 1.807) is 0 Å². The van der Waals surface area contributed by atoms with Crippen molar-refractivity contribution in [1.82, 2.24) is 0 Å². The number of rotatable bonds is 2. The zero-order chi connectivity index (χ0) is 23.8. The number of nitrogens with zero attached hydrogens (tertiary/aromatic N) is 2. The molecule has 0 bridgehead atoms. The van der Waals surface area contributed by atoms with E-state index >= 15 is 0 Å². The van der Waals surface area contributed by atoms with Gasteiger partial charge in [0.15, 0.2) is 11.4 Å². The third kappa shape index (κ3) is 2.69. The highest BCUT2D eigenvalue weighted by atomic mass is 15.0. The van der Waals surface area contributed by atoms with Crippen LogP contribution in [0.25, 0.3) is 21.5 Å². The summed E-state index contributed by atoms with van der Waals surface area (Å²) in [4.78, 5) is 0. The zero-order valence-electron chi connectivity index (χ0n) is 21.0. The highest BCUT2D eigenvalue weighted by molar-refractivity contribution is 6.13. The van der Waals surface area contributed by atoms with Gasteiger partial charge in [-0.3, -0.25) is 0 Å². The van der Waals surface area contributed by atoms with Crippen molar-refractivity contribution in [1.29, 1.82) is 0 Å². The monoisotopic (exact) mass is 444 g/mol. The van der Waals surface area contributed by atoms with Gasteiger partial charge in [-0.2, -0.15) is 9.15 Å². The van der Waals surface area contributed by atoms with Gasteiger partial charge in [0, 0.05) is 35.4 Å². The standard InChI is InChI=1S/C32H32N2/c1-31(2)27(33(5)25-17-15-21-11-7-9-13-23(21)29(25)31)19-20-28-32(3,4)30-24-14-10-8-12-22(24)16-18-26(30)34(28)6/h7-20H,1-6H3/q+2/b20-19+. The van der Waals surface area contributed by atoms with Crippen LogP contribution in [0.1, 0.15) is 38.8 Å². The highest BCUT2D eigenvalue weighted by Gasteiger charge is 2.47. The topological polar surface area (TPSA) is 6.02 Å². The molecular weight excluding hydrogens is 412 g/mol. The Morgan fingerprint density at radius 1 is 0.529 bits per heavy atom. The maximum atomic E-state index is 2.38. The van der Waals surface area contributed by atoms with Crippen molar-refractivity contribution in [3.8, 4) is 0 Å². The lowest BCUT2D eigenvalue weighted by Gasteiger charge is -2.19. The van der Waals surface area contributed by atoms with Crippen molar-refractivity contribution < 1.29 is 9.15 Å². The van der Waals surface area contributed by atoms with Crippen molar-refractivity contribution in [3.63, 3.8) is 0 Å². The molecular formula is C32H32N2+2. The first-order valence-electron chi connectivity index (χ1n) is 12.2. The van der Waals surface area contributed by atoms with Crippen LogP contribution in [-0.4, -0.2) is 34.7 Å². The average molecular weight is 445 g/mol. The van der Waals surface area contributed by atoms with E-state index in [9.17, 15) is 0 Å². The van der Waals surface area contributed by atoms with Crippen LogP contribution in [0.4, 0.5) is 11.4 Å². The lowest BCUT2D eigenvalue weighted by atomic mass is 9.77. The van der Waals surface area contributed by atoms with Gasteiger partial charge in [-0.25, -0.2) is 0 Å². The van der Waals surface area contributed by atoms with E-state index in [4.69, 9.17) is 0 Å². The quantitative estimate of drug-likeness (QED) is 0.287. The summed E-state index contributed by atoms with van der Waals surface area (Å²) in [6.45, 7) is 9.44. The van der Waals surface area contributed by atoms with Crippen LogP contribution >= 0.6 is 0 Å². The molecule has 34 heavy (non-hydrogen) atoms. The van der Waals surface area contributed by atoms with E-state index < -0.39 is 0 Å². The molecule has 0 saturated heterocycles. The molecule has 0 spiro atoms. The fourth-order valence-electron chi connectivity index (χ4n) is 6.55. The fourth-order valence-corrected chi connectivity index (χ4v) is 6.55. The van der Waals surface area contributed by atoms with Gasteiger partial charge in [0.1, 0.15) is 14.1 Å². The van der Waals surface area contributed by atoms with Gasteiger partial charge in [0.25, 0.3) is 0 Å². The Morgan fingerprint density at radius 3 is 1.32 bits per heavy atom. The molecule has 0 aromatic heterocycles. The first-order valence-corrected chi connectivity index (χ1v) is 12.2. The fraction of sp³-hybridized carbons (Fsp3) is 0.250. The van der Waals surface area contributed by atoms with E-state index in [1.165, 1.54) is 55.5 Å². The van der Waals surface area contributed by atoms with E-state index in [1.807, 2.05) is 0 Å². The Balaban J connectivity index is 1.47. The second kappa shape index (κ2) is 6.99. The van der Waals surface area contributed by atoms with Crippen LogP contribution in [0, 0.1) is 0 Å². The molecule has 2 nitrogen and oxygen atoms in total. The first kappa shape index (κ1) is 21.0. The van der Waals surface area contributed by atoms with Crippen LogP contribution in [0.3, 0.4) is 0 Å². The van der Waals surface area contributed by atoms with Gasteiger partial charge < -0.3 is 0 Å². The summed E-state index contributed by atoms with van der Waals surface area (Å²) in [5, 5.41) is 5.32. The molecule has 4 aromatic carbocycles. The largest absolute Gasteiger partial charge is 0.210 e. The number of hydrogen-bond donors (Lipinski definition) is 0. The molecule has 2 aliphatic rings. The maximum Gasteiger partial charge on any atom is 0.210 e. The van der Waals surface area contributed by atoms with Gasteiger partial charge in [-0.15, -0.1) is 0 Å². The van der Waals surface area contributed by atoms with Gasteiger partial charge in [0.2, 0.25) is 11.4 Å². The zero-order valence-corrected chi connectivity index (χ0v) is 21.0. The Bertz CT molecular complexity index is 1490. The van der Waals surface area contributed by atoms with Crippen molar-refractivity contribution in [2.45, 2.75) is 38.5 Å². The molecule has 4 aromatic rings. The summed E-state index contributed by atoms with van der Waals surface area (Å²) in [6, 6.07) is 26.6. The van der Waals surface area contributed by atoms with Gasteiger partial charge in [-0.05, 0) is 61.4 Å². The van der Waals surface area contributed by atoms with E-state index in [2.05, 4.69) is 136 Å². The SMILES string of the molecule is C[N+]1=C(/C=C/C2=[N+](C)c3ccc4ccccc4c3C2(C)C)C(C)(C)c2c1ccc1ccccc21. The first-order chi connectivity index (χ1) is 16.2. The Labute approximate surface area is 202 Å². The number of fused-ring (bicyclic) bond motifs is 6. The normalized spacial score (nSPS) is 18.4. The molecule has 168 valence electrons. The average Bonchev–Trinajstić information content (AvgIpc) is 3.15. The maximum absolute atomic E-state index is 2.38. The second-order valence-corrected chi connectivity index (χ2v) is 10.8. The minimum Gasteiger partial charge on any atom is -0.198 e. The minimum atomic E-state index is -0.0805. The van der Waals surface area contributed by atoms with Gasteiger partial charge >= 0.3 is 0 Å². The lowest BCUT2D eigenvalue weighted by molar-refractivity contribution is -0.402. The van der Waals surface area contributed by atoms with Crippen LogP contribution in [0.15, 0.2) is 84.9 Å². The van der Waals surface area contributed by atoms with E-state index in [0.29, 0.717) is 0 Å². The lowest BCUT2D eigenvalue weighted by Crippen LogP contribution is -2.30. The van der Waals surface area contributed by atoms with Crippen molar-refractivity contribution in [2.24, 2.45) is 0 Å². The van der Waals surface area contributed by atoms with Crippen LogP contribution in [-0.2, 0) is 10.8 Å². The van der Waals surface area contributed by atoms with E-state index in [-0.39, 0.29) is 10.8 Å². The summed E-state index contributed by atoms with van der Waals surface area (Å²) in [5.41, 5.74) is 7.96. The van der Waals surface area contributed by atoms with Gasteiger partial charge in [-0.1, -0.05) is 48.5 Å². The second-order valence-electron chi connectivity index (χ2n) is 10.8. The van der Waals surface area contributed by atoms with Crippen molar-refractivity contribution in [3.05, 3.63) is 96.1 Å². The Morgan fingerprint density at radius 2 is 0.912 bits per heavy atom. The molecule has 2 heteroatoms. The van der Waals surface area contributed by atoms with Crippen molar-refractivity contribution >= 4 is 44.3 Å². The molecule has 0 N–H and O–H groups in total. The molecule has 0 saturated carbocycles. The molecule has 6 rings (SSSR count). The third-order valence-corrected chi connectivity index (χ3v) is 8.19. The summed E-state index contributed by atoms with van der Waals surface area (Å²) >= 11 is 0. The van der Waals surface area contributed by atoms with Crippen LogP contribution in [0.5, 0.6) is 0 Å². The molecule has 0 amide bonds.